The number of amides is 2. The van der Waals surface area contributed by atoms with Gasteiger partial charge in [-0.25, -0.2) is 19.4 Å². The third-order valence-electron chi connectivity index (χ3n) is 3.18. The van der Waals surface area contributed by atoms with Crippen LogP contribution in [-0.2, 0) is 6.54 Å². The number of rotatable bonds is 6. The minimum atomic E-state index is -0.437. The van der Waals surface area contributed by atoms with Gasteiger partial charge in [-0.3, -0.25) is 10.3 Å². The highest BCUT2D eigenvalue weighted by Gasteiger charge is 2.15. The Morgan fingerprint density at radius 2 is 2.22 bits per heavy atom. The molecule has 0 saturated heterocycles. The lowest BCUT2D eigenvalue weighted by Crippen LogP contribution is -2.33. The molecule has 4 N–H and O–H groups in total. The van der Waals surface area contributed by atoms with Crippen molar-refractivity contribution in [1.29, 1.82) is 0 Å². The molecule has 0 aliphatic heterocycles. The van der Waals surface area contributed by atoms with Crippen LogP contribution in [0.2, 0.25) is 0 Å². The highest BCUT2D eigenvalue weighted by Crippen LogP contribution is 2.11. The van der Waals surface area contributed by atoms with Crippen molar-refractivity contribution < 1.29 is 4.79 Å². The van der Waals surface area contributed by atoms with Crippen molar-refractivity contribution in [1.82, 2.24) is 35.2 Å². The average Bonchev–Trinajstić information content (AvgIpc) is 3.02. The largest absolute Gasteiger partial charge is 0.340 e. The van der Waals surface area contributed by atoms with Crippen LogP contribution in [0.4, 0.5) is 10.6 Å². The number of likely N-dealkylation sites (N-methyl/N-ethyl adjacent to an activating group) is 1. The number of aromatic amines is 2. The van der Waals surface area contributed by atoms with Gasteiger partial charge < -0.3 is 10.2 Å². The monoisotopic (exact) mass is 322 g/mol. The van der Waals surface area contributed by atoms with E-state index in [-0.39, 0.29) is 0 Å². The van der Waals surface area contributed by atoms with E-state index in [1.54, 1.807) is 17.7 Å². The van der Waals surface area contributed by atoms with Crippen molar-refractivity contribution in [3.8, 4) is 0 Å². The van der Waals surface area contributed by atoms with Gasteiger partial charge in [0.2, 0.25) is 0 Å². The Bertz CT molecular complexity index is 714. The molecule has 2 rings (SSSR count). The molecule has 0 saturated carbocycles. The zero-order chi connectivity index (χ0) is 17.0. The second-order valence-corrected chi connectivity index (χ2v) is 5.58. The smallest absolute Gasteiger partial charge is 0.328 e. The molecular weight excluding hydrogens is 300 g/mol. The molecule has 2 aromatic rings. The molecule has 1 atom stereocenters. The van der Waals surface area contributed by atoms with E-state index in [0.717, 1.165) is 12.2 Å². The van der Waals surface area contributed by atoms with Crippen LogP contribution in [0.15, 0.2) is 10.9 Å². The van der Waals surface area contributed by atoms with Crippen LogP contribution >= 0.6 is 0 Å². The molecule has 0 bridgehead atoms. The Kier molecular flexibility index (Phi) is 5.16. The van der Waals surface area contributed by atoms with Gasteiger partial charge >= 0.3 is 11.7 Å². The van der Waals surface area contributed by atoms with Crippen LogP contribution in [0.1, 0.15) is 24.5 Å². The lowest BCUT2D eigenvalue weighted by molar-refractivity contribution is 0.248. The number of urea groups is 1. The molecule has 2 heterocycles. The molecular formula is C13H22N8O2. The van der Waals surface area contributed by atoms with Crippen molar-refractivity contribution in [3.63, 3.8) is 0 Å². The molecule has 10 nitrogen and oxygen atoms in total. The zero-order valence-electron chi connectivity index (χ0n) is 13.7. The predicted molar refractivity (Wildman–Crippen MR) is 85.3 cm³/mol. The molecule has 10 heteroatoms. The fraction of sp³-hybridized carbons (Fsp3) is 0.538. The van der Waals surface area contributed by atoms with E-state index >= 15 is 0 Å². The fourth-order valence-electron chi connectivity index (χ4n) is 2.02. The van der Waals surface area contributed by atoms with Crippen LogP contribution in [0.5, 0.6) is 0 Å². The molecule has 23 heavy (non-hydrogen) atoms. The summed E-state index contributed by atoms with van der Waals surface area (Å²) in [4.78, 5) is 27.7. The average molecular weight is 322 g/mol. The van der Waals surface area contributed by atoms with Crippen molar-refractivity contribution in [3.05, 3.63) is 28.1 Å². The second kappa shape index (κ2) is 7.09. The van der Waals surface area contributed by atoms with Crippen LogP contribution in [0, 0.1) is 6.92 Å². The Hall–Kier alpha value is -2.62. The number of aromatic nitrogens is 5. The number of anilines is 1. The maximum atomic E-state index is 12.1. The molecule has 0 radical (unpaired) electrons. The van der Waals surface area contributed by atoms with Gasteiger partial charge in [0.1, 0.15) is 5.82 Å². The quantitative estimate of drug-likeness (QED) is 0.598. The van der Waals surface area contributed by atoms with Crippen LogP contribution in [0.3, 0.4) is 0 Å². The van der Waals surface area contributed by atoms with Gasteiger partial charge in [-0.05, 0) is 27.9 Å². The summed E-state index contributed by atoms with van der Waals surface area (Å²) in [6.45, 7) is 5.06. The molecule has 0 fully saturated rings. The predicted octanol–water partition coefficient (Wildman–Crippen LogP) is 0.0472. The van der Waals surface area contributed by atoms with E-state index in [4.69, 9.17) is 0 Å². The maximum absolute atomic E-state index is 12.1. The fourth-order valence-corrected chi connectivity index (χ4v) is 2.02. The molecule has 2 amide bonds. The third kappa shape index (κ3) is 4.68. The van der Waals surface area contributed by atoms with Crippen molar-refractivity contribution in [2.24, 2.45) is 0 Å². The first kappa shape index (κ1) is 16.7. The molecule has 0 spiro atoms. The van der Waals surface area contributed by atoms with E-state index in [9.17, 15) is 9.59 Å². The van der Waals surface area contributed by atoms with E-state index < -0.39 is 17.8 Å². The summed E-state index contributed by atoms with van der Waals surface area (Å²) in [6.07, 6.45) is 0. The molecule has 0 aliphatic rings. The highest BCUT2D eigenvalue weighted by molar-refractivity contribution is 5.88. The number of carbonyl (C=O) groups excluding carboxylic acids is 1. The summed E-state index contributed by atoms with van der Waals surface area (Å²) in [6, 6.07) is 0.969. The Labute approximate surface area is 133 Å². The van der Waals surface area contributed by atoms with Gasteiger partial charge in [-0.1, -0.05) is 0 Å². The Balaban J connectivity index is 1.98. The first-order valence-electron chi connectivity index (χ1n) is 7.26. The summed E-state index contributed by atoms with van der Waals surface area (Å²) in [5.41, 5.74) is 0.412. The maximum Gasteiger partial charge on any atom is 0.340 e. The molecule has 0 aromatic carbocycles. The van der Waals surface area contributed by atoms with Crippen molar-refractivity contribution in [2.75, 3.05) is 26.0 Å². The lowest BCUT2D eigenvalue weighted by atomic mass is 10.3. The second-order valence-electron chi connectivity index (χ2n) is 5.58. The summed E-state index contributed by atoms with van der Waals surface area (Å²) in [5, 5.41) is 15.9. The Morgan fingerprint density at radius 3 is 2.83 bits per heavy atom. The van der Waals surface area contributed by atoms with E-state index in [0.29, 0.717) is 18.2 Å². The van der Waals surface area contributed by atoms with Gasteiger partial charge in [-0.2, -0.15) is 10.2 Å². The van der Waals surface area contributed by atoms with Crippen LogP contribution in [-0.4, -0.2) is 56.5 Å². The number of hydrogen-bond acceptors (Lipinski definition) is 5. The number of nitrogens with zero attached hydrogens (tertiary/aromatic N) is 4. The SMILES string of the molecule is Cc1cc(NC(=O)NC(C)c2n[nH]c(=O)[nH]2)n(CCN(C)C)n1. The van der Waals surface area contributed by atoms with Gasteiger partial charge in [0.25, 0.3) is 0 Å². The standard InChI is InChI=1S/C13H22N8O2/c1-8-7-10(21(19-8)6-5-20(3)4)15-12(22)14-9(2)11-16-13(23)18-17-11/h7,9H,5-6H2,1-4H3,(H2,14,15,22)(H2,16,17,18,23). The van der Waals surface area contributed by atoms with Crippen molar-refractivity contribution >= 4 is 11.8 Å². The minimum Gasteiger partial charge on any atom is -0.328 e. The number of hydrogen-bond donors (Lipinski definition) is 4. The number of nitrogens with one attached hydrogen (secondary N) is 4. The van der Waals surface area contributed by atoms with Gasteiger partial charge in [0.15, 0.2) is 5.82 Å². The van der Waals surface area contributed by atoms with Crippen LogP contribution < -0.4 is 16.3 Å². The highest BCUT2D eigenvalue weighted by atomic mass is 16.2. The number of aryl methyl sites for hydroxylation is 1. The molecule has 126 valence electrons. The summed E-state index contributed by atoms with van der Waals surface area (Å²) < 4.78 is 1.75. The molecule has 0 aliphatic carbocycles. The summed E-state index contributed by atoms with van der Waals surface area (Å²) in [5.74, 6) is 0.979. The zero-order valence-corrected chi connectivity index (χ0v) is 13.7. The first-order valence-corrected chi connectivity index (χ1v) is 7.26. The van der Waals surface area contributed by atoms with Gasteiger partial charge in [-0.15, -0.1) is 0 Å². The van der Waals surface area contributed by atoms with E-state index in [1.807, 2.05) is 25.9 Å². The topological polar surface area (TPSA) is 124 Å². The van der Waals surface area contributed by atoms with Gasteiger partial charge in [0, 0.05) is 12.6 Å². The number of carbonyl (C=O) groups is 1. The van der Waals surface area contributed by atoms with Gasteiger partial charge in [0.05, 0.1) is 18.3 Å². The van der Waals surface area contributed by atoms with E-state index in [2.05, 4.69) is 30.9 Å². The van der Waals surface area contributed by atoms with Crippen molar-refractivity contribution in [2.45, 2.75) is 26.4 Å². The lowest BCUT2D eigenvalue weighted by Gasteiger charge is -2.14. The normalized spacial score (nSPS) is 12.4. The molecule has 2 aromatic heterocycles. The third-order valence-corrected chi connectivity index (χ3v) is 3.18. The minimum absolute atomic E-state index is 0.363. The number of H-pyrrole nitrogens is 2. The van der Waals surface area contributed by atoms with E-state index in [1.165, 1.54) is 0 Å². The van der Waals surface area contributed by atoms with Crippen LogP contribution in [0.25, 0.3) is 0 Å². The molecule has 1 unspecified atom stereocenters. The summed E-state index contributed by atoms with van der Waals surface area (Å²) in [7, 11) is 3.95. The first-order chi connectivity index (χ1) is 10.8. The Morgan fingerprint density at radius 1 is 1.48 bits per heavy atom. The summed E-state index contributed by atoms with van der Waals surface area (Å²) >= 11 is 0.